The van der Waals surface area contributed by atoms with Gasteiger partial charge in [0.2, 0.25) is 5.91 Å². The van der Waals surface area contributed by atoms with Gasteiger partial charge in [-0.05, 0) is 13.8 Å². The highest BCUT2D eigenvalue weighted by Crippen LogP contribution is 2.20. The molecule has 16 heavy (non-hydrogen) atoms. The zero-order valence-corrected chi connectivity index (χ0v) is 10.3. The molecule has 0 aliphatic rings. The molecule has 1 atom stereocenters. The molecule has 0 aromatic carbocycles. The van der Waals surface area contributed by atoms with Crippen LogP contribution in [0.2, 0.25) is 0 Å². The fraction of sp³-hybridized carbons (Fsp3) is 0.600. The summed E-state index contributed by atoms with van der Waals surface area (Å²) >= 11 is 1.64. The monoisotopic (exact) mass is 243 g/mol. The van der Waals surface area contributed by atoms with Crippen molar-refractivity contribution in [1.29, 1.82) is 0 Å². The number of nitrogens with one attached hydrogen (secondary N) is 1. The number of primary amides is 1. The maximum atomic E-state index is 10.4. The van der Waals surface area contributed by atoms with Crippen molar-refractivity contribution in [2.24, 2.45) is 5.73 Å². The highest BCUT2D eigenvalue weighted by Gasteiger charge is 2.09. The number of aryl methyl sites for hydroxylation is 1. The van der Waals surface area contributed by atoms with Gasteiger partial charge in [-0.1, -0.05) is 0 Å². The Morgan fingerprint density at radius 1 is 1.75 bits per heavy atom. The van der Waals surface area contributed by atoms with Gasteiger partial charge >= 0.3 is 0 Å². The third-order valence-electron chi connectivity index (χ3n) is 2.12. The molecule has 0 aliphatic carbocycles. The fourth-order valence-electron chi connectivity index (χ4n) is 1.34. The van der Waals surface area contributed by atoms with Gasteiger partial charge in [-0.2, -0.15) is 0 Å². The topological polar surface area (TPSA) is 77.2 Å². The zero-order chi connectivity index (χ0) is 12.0. The molecule has 1 amide bonds. The summed E-state index contributed by atoms with van der Waals surface area (Å²) in [6, 6.07) is 0.254. The number of carbonyl (C=O) groups is 1. The first-order valence-electron chi connectivity index (χ1n) is 5.10. The maximum absolute atomic E-state index is 10.4. The van der Waals surface area contributed by atoms with Gasteiger partial charge in [0, 0.05) is 17.5 Å². The molecule has 0 radical (unpaired) electrons. The molecule has 0 fully saturated rings. The number of rotatable bonds is 7. The van der Waals surface area contributed by atoms with E-state index in [2.05, 4.69) is 17.2 Å². The second-order valence-corrected chi connectivity index (χ2v) is 4.38. The SMILES string of the molecule is Cc1ncsc1C(C)NCCOCC(N)=O. The molecule has 3 N–H and O–H groups in total. The number of thiazole rings is 1. The second-order valence-electron chi connectivity index (χ2n) is 3.50. The molecule has 0 aliphatic heterocycles. The lowest BCUT2D eigenvalue weighted by atomic mass is 10.2. The number of nitrogens with two attached hydrogens (primary N) is 1. The predicted octanol–water partition coefficient (Wildman–Crippen LogP) is 0.604. The summed E-state index contributed by atoms with van der Waals surface area (Å²) < 4.78 is 5.04. The molecule has 6 heteroatoms. The molecule has 5 nitrogen and oxygen atoms in total. The number of amides is 1. The van der Waals surface area contributed by atoms with Crippen LogP contribution in [0.5, 0.6) is 0 Å². The van der Waals surface area contributed by atoms with Crippen molar-refractivity contribution in [2.45, 2.75) is 19.9 Å². The van der Waals surface area contributed by atoms with Gasteiger partial charge in [-0.25, -0.2) is 4.98 Å². The molecule has 1 heterocycles. The van der Waals surface area contributed by atoms with Crippen molar-refractivity contribution in [3.63, 3.8) is 0 Å². The van der Waals surface area contributed by atoms with Crippen LogP contribution in [0.1, 0.15) is 23.5 Å². The molecule has 0 saturated carbocycles. The van der Waals surface area contributed by atoms with Gasteiger partial charge < -0.3 is 15.8 Å². The first-order chi connectivity index (χ1) is 7.61. The van der Waals surface area contributed by atoms with Crippen LogP contribution >= 0.6 is 11.3 Å². The average molecular weight is 243 g/mol. The summed E-state index contributed by atoms with van der Waals surface area (Å²) in [5.74, 6) is -0.439. The fourth-order valence-corrected chi connectivity index (χ4v) is 2.17. The summed E-state index contributed by atoms with van der Waals surface area (Å²) in [6.45, 7) is 5.22. The number of ether oxygens (including phenoxy) is 1. The van der Waals surface area contributed by atoms with E-state index in [4.69, 9.17) is 10.5 Å². The highest BCUT2D eigenvalue weighted by atomic mass is 32.1. The van der Waals surface area contributed by atoms with E-state index in [-0.39, 0.29) is 12.6 Å². The largest absolute Gasteiger partial charge is 0.370 e. The Morgan fingerprint density at radius 2 is 2.50 bits per heavy atom. The Morgan fingerprint density at radius 3 is 3.06 bits per heavy atom. The number of carbonyl (C=O) groups excluding carboxylic acids is 1. The first kappa shape index (κ1) is 13.1. The summed E-state index contributed by atoms with van der Waals surface area (Å²) in [5, 5.41) is 3.29. The van der Waals surface area contributed by atoms with Crippen LogP contribution in [0.25, 0.3) is 0 Å². The van der Waals surface area contributed by atoms with Crippen molar-refractivity contribution in [3.8, 4) is 0 Å². The minimum absolute atomic E-state index is 0.0182. The van der Waals surface area contributed by atoms with E-state index >= 15 is 0 Å². The molecule has 1 aromatic heterocycles. The predicted molar refractivity (Wildman–Crippen MR) is 63.3 cm³/mol. The van der Waals surface area contributed by atoms with Crippen LogP contribution in [0.15, 0.2) is 5.51 Å². The van der Waals surface area contributed by atoms with Crippen LogP contribution in [0.3, 0.4) is 0 Å². The van der Waals surface area contributed by atoms with Crippen molar-refractivity contribution < 1.29 is 9.53 Å². The molecule has 1 unspecified atom stereocenters. The molecule has 1 rings (SSSR count). The van der Waals surface area contributed by atoms with Crippen molar-refractivity contribution in [2.75, 3.05) is 19.8 Å². The molecular formula is C10H17N3O2S. The minimum atomic E-state index is -0.439. The van der Waals surface area contributed by atoms with E-state index in [0.717, 1.165) is 5.69 Å². The molecule has 0 saturated heterocycles. The Hall–Kier alpha value is -0.980. The van der Waals surface area contributed by atoms with E-state index in [1.165, 1.54) is 4.88 Å². The van der Waals surface area contributed by atoms with E-state index in [1.807, 2.05) is 12.4 Å². The van der Waals surface area contributed by atoms with Crippen LogP contribution in [0, 0.1) is 6.92 Å². The van der Waals surface area contributed by atoms with Crippen molar-refractivity contribution >= 4 is 17.2 Å². The van der Waals surface area contributed by atoms with Crippen LogP contribution in [-0.4, -0.2) is 30.6 Å². The summed E-state index contributed by atoms with van der Waals surface area (Å²) in [4.78, 5) is 15.8. The van der Waals surface area contributed by atoms with Crippen molar-refractivity contribution in [1.82, 2.24) is 10.3 Å². The number of nitrogens with zero attached hydrogens (tertiary/aromatic N) is 1. The average Bonchev–Trinajstić information content (AvgIpc) is 2.63. The lowest BCUT2D eigenvalue weighted by molar-refractivity contribution is -0.122. The van der Waals surface area contributed by atoms with Gasteiger partial charge in [0.25, 0.3) is 0 Å². The summed E-state index contributed by atoms with van der Waals surface area (Å²) in [6.07, 6.45) is 0. The first-order valence-corrected chi connectivity index (χ1v) is 5.98. The van der Waals surface area contributed by atoms with Gasteiger partial charge in [0.15, 0.2) is 0 Å². The van der Waals surface area contributed by atoms with Gasteiger partial charge in [-0.3, -0.25) is 4.79 Å². The number of aromatic nitrogens is 1. The van der Waals surface area contributed by atoms with E-state index in [1.54, 1.807) is 11.3 Å². The summed E-state index contributed by atoms with van der Waals surface area (Å²) in [5.41, 5.74) is 7.84. The van der Waals surface area contributed by atoms with E-state index < -0.39 is 5.91 Å². The number of hydrogen-bond acceptors (Lipinski definition) is 5. The molecular weight excluding hydrogens is 226 g/mol. The van der Waals surface area contributed by atoms with Crippen LogP contribution in [0.4, 0.5) is 0 Å². The Bertz CT molecular complexity index is 341. The van der Waals surface area contributed by atoms with E-state index in [9.17, 15) is 4.79 Å². The lowest BCUT2D eigenvalue weighted by Gasteiger charge is -2.12. The lowest BCUT2D eigenvalue weighted by Crippen LogP contribution is -2.25. The van der Waals surface area contributed by atoms with Crippen LogP contribution < -0.4 is 11.1 Å². The molecule has 90 valence electrons. The molecule has 0 bridgehead atoms. The minimum Gasteiger partial charge on any atom is -0.370 e. The van der Waals surface area contributed by atoms with Gasteiger partial charge in [-0.15, -0.1) is 11.3 Å². The Labute approximate surface area is 99.0 Å². The molecule has 1 aromatic rings. The standard InChI is InChI=1S/C10H17N3O2S/c1-7(10-8(2)13-6-16-10)12-3-4-15-5-9(11)14/h6-7,12H,3-5H2,1-2H3,(H2,11,14). The smallest absolute Gasteiger partial charge is 0.243 e. The van der Waals surface area contributed by atoms with Crippen LogP contribution in [-0.2, 0) is 9.53 Å². The number of hydrogen-bond donors (Lipinski definition) is 2. The highest BCUT2D eigenvalue weighted by molar-refractivity contribution is 7.09. The Balaban J connectivity index is 2.18. The third kappa shape index (κ3) is 4.26. The third-order valence-corrected chi connectivity index (χ3v) is 3.23. The second kappa shape index (κ2) is 6.57. The van der Waals surface area contributed by atoms with E-state index in [0.29, 0.717) is 13.2 Å². The maximum Gasteiger partial charge on any atom is 0.243 e. The van der Waals surface area contributed by atoms with Gasteiger partial charge in [0.05, 0.1) is 17.8 Å². The quantitative estimate of drug-likeness (QED) is 0.688. The zero-order valence-electron chi connectivity index (χ0n) is 9.53. The normalized spacial score (nSPS) is 12.6. The van der Waals surface area contributed by atoms with Gasteiger partial charge in [0.1, 0.15) is 6.61 Å². The Kier molecular flexibility index (Phi) is 5.37. The van der Waals surface area contributed by atoms with Crippen molar-refractivity contribution in [3.05, 3.63) is 16.1 Å². The molecule has 0 spiro atoms. The summed E-state index contributed by atoms with van der Waals surface area (Å²) in [7, 11) is 0.